The van der Waals surface area contributed by atoms with Gasteiger partial charge in [0.1, 0.15) is 6.10 Å². The Balaban J connectivity index is 1.63. The van der Waals surface area contributed by atoms with E-state index in [1.54, 1.807) is 0 Å². The Morgan fingerprint density at radius 1 is 1.09 bits per heavy atom. The molecule has 1 aliphatic heterocycles. The van der Waals surface area contributed by atoms with Gasteiger partial charge in [-0.05, 0) is 73.0 Å². The molecule has 0 aromatic heterocycles. The third kappa shape index (κ3) is 1.46. The summed E-state index contributed by atoms with van der Waals surface area (Å²) < 4.78 is 6.02. The van der Waals surface area contributed by atoms with Crippen LogP contribution in [0, 0.1) is 39.9 Å². The Labute approximate surface area is 134 Å². The number of carbonyl (C=O) groups excluding carboxylic acids is 1. The van der Waals surface area contributed by atoms with Crippen molar-refractivity contribution in [2.24, 2.45) is 39.9 Å². The highest BCUT2D eigenvalue weighted by molar-refractivity contribution is 5.75. The molecule has 4 aliphatic carbocycles. The van der Waals surface area contributed by atoms with Crippen LogP contribution in [0.15, 0.2) is 0 Å². The molecule has 0 unspecified atom stereocenters. The molecule has 0 aromatic carbocycles. The van der Waals surface area contributed by atoms with Gasteiger partial charge in [-0.2, -0.15) is 0 Å². The van der Waals surface area contributed by atoms with Gasteiger partial charge in [0.2, 0.25) is 0 Å². The zero-order chi connectivity index (χ0) is 15.3. The van der Waals surface area contributed by atoms with E-state index in [9.17, 15) is 4.79 Å². The topological polar surface area (TPSA) is 26.3 Å². The van der Waals surface area contributed by atoms with Crippen LogP contribution >= 0.6 is 0 Å². The van der Waals surface area contributed by atoms with Crippen LogP contribution in [0.4, 0.5) is 0 Å². The minimum atomic E-state index is 0.155. The molecule has 122 valence electrons. The van der Waals surface area contributed by atoms with Gasteiger partial charge in [-0.15, -0.1) is 0 Å². The molecule has 2 heteroatoms. The Morgan fingerprint density at radius 3 is 2.73 bits per heavy atom. The number of ether oxygens (including phenoxy) is 1. The monoisotopic (exact) mass is 302 g/mol. The molecule has 1 saturated heterocycles. The van der Waals surface area contributed by atoms with Gasteiger partial charge in [-0.3, -0.25) is 4.79 Å². The summed E-state index contributed by atoms with van der Waals surface area (Å²) in [7, 11) is 0. The lowest BCUT2D eigenvalue weighted by atomic mass is 9.40. The van der Waals surface area contributed by atoms with Crippen LogP contribution in [0.2, 0.25) is 0 Å². The van der Waals surface area contributed by atoms with E-state index in [4.69, 9.17) is 4.74 Å². The van der Waals surface area contributed by atoms with Crippen molar-refractivity contribution in [3.8, 4) is 0 Å². The van der Waals surface area contributed by atoms with Gasteiger partial charge >= 0.3 is 5.97 Å². The fourth-order valence-electron chi connectivity index (χ4n) is 8.49. The molecular formula is C20H30O2. The molecule has 1 heterocycles. The van der Waals surface area contributed by atoms with E-state index in [0.29, 0.717) is 28.1 Å². The summed E-state index contributed by atoms with van der Waals surface area (Å²) in [5.41, 5.74) is 1.31. The largest absolute Gasteiger partial charge is 0.462 e. The van der Waals surface area contributed by atoms with Gasteiger partial charge in [0.25, 0.3) is 0 Å². The van der Waals surface area contributed by atoms with Crippen molar-refractivity contribution in [1.82, 2.24) is 0 Å². The predicted molar refractivity (Wildman–Crippen MR) is 85.1 cm³/mol. The highest BCUT2D eigenvalue weighted by Crippen LogP contribution is 2.73. The molecule has 1 spiro atoms. The van der Waals surface area contributed by atoms with E-state index in [1.807, 2.05) is 0 Å². The Morgan fingerprint density at radius 2 is 1.91 bits per heavy atom. The fraction of sp³-hybridized carbons (Fsp3) is 0.950. The number of hydrogen-bond acceptors (Lipinski definition) is 2. The molecule has 0 N–H and O–H groups in total. The average molecular weight is 302 g/mol. The van der Waals surface area contributed by atoms with Gasteiger partial charge in [0, 0.05) is 5.92 Å². The molecule has 0 radical (unpaired) electrons. The van der Waals surface area contributed by atoms with Crippen LogP contribution in [0.1, 0.15) is 72.1 Å². The predicted octanol–water partition coefficient (Wildman–Crippen LogP) is 4.57. The summed E-state index contributed by atoms with van der Waals surface area (Å²) in [6, 6.07) is 0. The maximum absolute atomic E-state index is 12.4. The summed E-state index contributed by atoms with van der Waals surface area (Å²) in [6.45, 7) is 7.57. The molecule has 5 rings (SSSR count). The van der Waals surface area contributed by atoms with E-state index in [-0.39, 0.29) is 18.0 Å². The molecule has 22 heavy (non-hydrogen) atoms. The van der Waals surface area contributed by atoms with E-state index in [0.717, 1.165) is 12.3 Å². The summed E-state index contributed by atoms with van der Waals surface area (Å²) in [5.74, 6) is 2.52. The number of hydrogen-bond donors (Lipinski definition) is 0. The summed E-state index contributed by atoms with van der Waals surface area (Å²) in [6.07, 6.45) is 10.7. The second-order valence-electron chi connectivity index (χ2n) is 10.3. The highest BCUT2D eigenvalue weighted by atomic mass is 16.5. The molecule has 4 saturated carbocycles. The standard InChI is InChI=1S/C20H30O2/c1-18(2)6-4-7-19(3)15(18)5-8-20-10-12-9-14(16(19)20)22-17(21)13(12)11-20/h12-16H,4-11H2,1-3H3/t12-,13+,14+,15-,16+,19-,20+/m1/s1. The van der Waals surface area contributed by atoms with Crippen molar-refractivity contribution in [2.45, 2.75) is 78.2 Å². The van der Waals surface area contributed by atoms with Gasteiger partial charge in [-0.25, -0.2) is 0 Å². The lowest BCUT2D eigenvalue weighted by Gasteiger charge is -2.65. The van der Waals surface area contributed by atoms with Crippen LogP contribution in [0.25, 0.3) is 0 Å². The zero-order valence-electron chi connectivity index (χ0n) is 14.4. The third-order valence-electron chi connectivity index (χ3n) is 8.92. The molecule has 0 amide bonds. The normalized spacial score (nSPS) is 58.0. The fourth-order valence-corrected chi connectivity index (χ4v) is 8.49. The van der Waals surface area contributed by atoms with Crippen LogP contribution in [0.3, 0.4) is 0 Å². The van der Waals surface area contributed by atoms with E-state index in [1.165, 1.54) is 44.9 Å². The van der Waals surface area contributed by atoms with Gasteiger partial charge in [-0.1, -0.05) is 27.2 Å². The highest BCUT2D eigenvalue weighted by Gasteiger charge is 2.70. The Bertz CT molecular complexity index is 538. The third-order valence-corrected chi connectivity index (χ3v) is 8.92. The van der Waals surface area contributed by atoms with Crippen LogP contribution < -0.4 is 0 Å². The average Bonchev–Trinajstić information content (AvgIpc) is 2.64. The molecule has 5 aliphatic rings. The number of rotatable bonds is 0. The molecular weight excluding hydrogens is 272 g/mol. The summed E-state index contributed by atoms with van der Waals surface area (Å²) in [4.78, 5) is 12.4. The summed E-state index contributed by atoms with van der Waals surface area (Å²) >= 11 is 0. The molecule has 0 aromatic rings. The zero-order valence-corrected chi connectivity index (χ0v) is 14.4. The van der Waals surface area contributed by atoms with Gasteiger partial charge in [0.05, 0.1) is 5.92 Å². The van der Waals surface area contributed by atoms with Crippen molar-refractivity contribution in [3.63, 3.8) is 0 Å². The Kier molecular flexibility index (Phi) is 2.47. The molecule has 2 nitrogen and oxygen atoms in total. The van der Waals surface area contributed by atoms with Gasteiger partial charge < -0.3 is 4.74 Å². The number of carbonyl (C=O) groups is 1. The number of esters is 1. The van der Waals surface area contributed by atoms with Crippen molar-refractivity contribution in [2.75, 3.05) is 0 Å². The van der Waals surface area contributed by atoms with Crippen LogP contribution in [-0.2, 0) is 9.53 Å². The van der Waals surface area contributed by atoms with E-state index in [2.05, 4.69) is 20.8 Å². The first-order valence-electron chi connectivity index (χ1n) is 9.56. The van der Waals surface area contributed by atoms with E-state index < -0.39 is 0 Å². The first-order chi connectivity index (χ1) is 10.4. The van der Waals surface area contributed by atoms with Gasteiger partial charge in [0.15, 0.2) is 0 Å². The van der Waals surface area contributed by atoms with Crippen molar-refractivity contribution < 1.29 is 9.53 Å². The molecule has 5 fully saturated rings. The maximum Gasteiger partial charge on any atom is 0.309 e. The first-order valence-corrected chi connectivity index (χ1v) is 9.56. The second kappa shape index (κ2) is 3.92. The second-order valence-corrected chi connectivity index (χ2v) is 10.3. The summed E-state index contributed by atoms with van der Waals surface area (Å²) in [5, 5.41) is 0. The van der Waals surface area contributed by atoms with E-state index >= 15 is 0 Å². The minimum Gasteiger partial charge on any atom is -0.462 e. The number of fused-ring (bicyclic) bond motifs is 4. The van der Waals surface area contributed by atoms with Crippen molar-refractivity contribution in [3.05, 3.63) is 0 Å². The van der Waals surface area contributed by atoms with Crippen molar-refractivity contribution in [1.29, 1.82) is 0 Å². The smallest absolute Gasteiger partial charge is 0.309 e. The van der Waals surface area contributed by atoms with Crippen LogP contribution in [-0.4, -0.2) is 12.1 Å². The first kappa shape index (κ1) is 13.9. The maximum atomic E-state index is 12.4. The van der Waals surface area contributed by atoms with Crippen molar-refractivity contribution >= 4 is 5.97 Å². The van der Waals surface area contributed by atoms with Crippen LogP contribution in [0.5, 0.6) is 0 Å². The Hall–Kier alpha value is -0.530. The minimum absolute atomic E-state index is 0.155. The lowest BCUT2D eigenvalue weighted by molar-refractivity contribution is -0.205. The quantitative estimate of drug-likeness (QED) is 0.613. The lowest BCUT2D eigenvalue weighted by Crippen LogP contribution is -2.60. The molecule has 3 bridgehead atoms. The SMILES string of the molecule is CC1(C)CCC[C@]2(C)[C@@H]1CC[C@]13C[C@H]4C[C@H](OC(=O)[C@H]4C1)[C@H]32. The molecule has 7 atom stereocenters.